The van der Waals surface area contributed by atoms with Crippen LogP contribution >= 0.6 is 0 Å². The van der Waals surface area contributed by atoms with E-state index in [0.717, 1.165) is 28.0 Å². The Morgan fingerprint density at radius 3 is 2.28 bits per heavy atom. The highest BCUT2D eigenvalue weighted by Crippen LogP contribution is 2.31. The van der Waals surface area contributed by atoms with Crippen LogP contribution in [-0.4, -0.2) is 24.2 Å². The van der Waals surface area contributed by atoms with Crippen LogP contribution in [-0.2, 0) is 4.79 Å². The minimum Gasteiger partial charge on any atom is -0.496 e. The van der Waals surface area contributed by atoms with Crippen molar-refractivity contribution in [2.24, 2.45) is 11.5 Å². The van der Waals surface area contributed by atoms with Gasteiger partial charge in [-0.15, -0.1) is 0 Å². The third kappa shape index (κ3) is 2.47. The van der Waals surface area contributed by atoms with E-state index in [0.29, 0.717) is 0 Å². The summed E-state index contributed by atoms with van der Waals surface area (Å²) in [6, 6.07) is -0.00375. The molecule has 1 rings (SSSR count). The number of carboxylic acids is 1. The monoisotopic (exact) mass is 252 g/mol. The molecule has 2 atom stereocenters. The molecule has 100 valence electrons. The number of aliphatic carboxylic acids is 1. The maximum Gasteiger partial charge on any atom is 0.322 e. The molecule has 0 heterocycles. The number of nitrogens with two attached hydrogens (primary N) is 2. The van der Waals surface area contributed by atoms with Crippen LogP contribution in [0.5, 0.6) is 5.75 Å². The molecule has 0 amide bonds. The minimum atomic E-state index is -1.11. The maximum atomic E-state index is 10.9. The van der Waals surface area contributed by atoms with E-state index >= 15 is 0 Å². The molecule has 0 spiro atoms. The van der Waals surface area contributed by atoms with Crippen molar-refractivity contribution in [2.45, 2.75) is 32.9 Å². The average molecular weight is 252 g/mol. The van der Waals surface area contributed by atoms with Gasteiger partial charge in [-0.2, -0.15) is 0 Å². The molecule has 5 nitrogen and oxygen atoms in total. The van der Waals surface area contributed by atoms with Crippen LogP contribution < -0.4 is 16.2 Å². The van der Waals surface area contributed by atoms with E-state index < -0.39 is 18.1 Å². The van der Waals surface area contributed by atoms with Crippen LogP contribution in [0.25, 0.3) is 0 Å². The summed E-state index contributed by atoms with van der Waals surface area (Å²) in [5.41, 5.74) is 15.0. The molecule has 5 heteroatoms. The Morgan fingerprint density at radius 2 is 1.83 bits per heavy atom. The van der Waals surface area contributed by atoms with Gasteiger partial charge >= 0.3 is 5.97 Å². The van der Waals surface area contributed by atoms with Crippen molar-refractivity contribution in [1.29, 1.82) is 0 Å². The van der Waals surface area contributed by atoms with Gasteiger partial charge in [0, 0.05) is 0 Å². The molecule has 0 aliphatic heterocycles. The lowest BCUT2D eigenvalue weighted by molar-refractivity contribution is -0.139. The zero-order valence-corrected chi connectivity index (χ0v) is 11.2. The van der Waals surface area contributed by atoms with Crippen molar-refractivity contribution in [2.75, 3.05) is 7.11 Å². The zero-order chi connectivity index (χ0) is 14.0. The molecule has 0 radical (unpaired) electrons. The number of ether oxygens (including phenoxy) is 1. The van der Waals surface area contributed by atoms with E-state index in [-0.39, 0.29) is 0 Å². The second kappa shape index (κ2) is 5.37. The topological polar surface area (TPSA) is 98.6 Å². The molecule has 0 aromatic heterocycles. The molecular weight excluding hydrogens is 232 g/mol. The van der Waals surface area contributed by atoms with Crippen molar-refractivity contribution in [3.63, 3.8) is 0 Å². The normalized spacial score (nSPS) is 14.1. The van der Waals surface area contributed by atoms with Gasteiger partial charge in [-0.05, 0) is 43.0 Å². The Hall–Kier alpha value is -1.59. The van der Waals surface area contributed by atoms with Gasteiger partial charge in [-0.3, -0.25) is 4.79 Å². The number of hydrogen-bond donors (Lipinski definition) is 3. The summed E-state index contributed by atoms with van der Waals surface area (Å²) in [5, 5.41) is 8.91. The van der Waals surface area contributed by atoms with Crippen molar-refractivity contribution in [3.8, 4) is 5.75 Å². The van der Waals surface area contributed by atoms with Crippen molar-refractivity contribution >= 4 is 5.97 Å². The largest absolute Gasteiger partial charge is 0.496 e. The smallest absolute Gasteiger partial charge is 0.322 e. The lowest BCUT2D eigenvalue weighted by Gasteiger charge is -2.22. The van der Waals surface area contributed by atoms with Gasteiger partial charge in [0.1, 0.15) is 11.8 Å². The molecule has 0 saturated carbocycles. The molecule has 0 aliphatic carbocycles. The first kappa shape index (κ1) is 14.5. The molecule has 2 unspecified atom stereocenters. The van der Waals surface area contributed by atoms with E-state index in [4.69, 9.17) is 21.3 Å². The summed E-state index contributed by atoms with van der Waals surface area (Å²) in [6.07, 6.45) is 0. The van der Waals surface area contributed by atoms with Gasteiger partial charge in [0.25, 0.3) is 0 Å². The van der Waals surface area contributed by atoms with Gasteiger partial charge in [-0.1, -0.05) is 6.07 Å². The number of hydrogen-bond acceptors (Lipinski definition) is 4. The number of aryl methyl sites for hydroxylation is 1. The second-order valence-electron chi connectivity index (χ2n) is 4.46. The molecule has 1 aromatic rings. The van der Waals surface area contributed by atoms with Gasteiger partial charge in [0.2, 0.25) is 0 Å². The highest BCUT2D eigenvalue weighted by molar-refractivity contribution is 5.74. The van der Waals surface area contributed by atoms with E-state index in [1.165, 1.54) is 0 Å². The fourth-order valence-corrected chi connectivity index (χ4v) is 2.10. The molecule has 1 aromatic carbocycles. The zero-order valence-electron chi connectivity index (χ0n) is 11.2. The van der Waals surface area contributed by atoms with Gasteiger partial charge in [0.05, 0.1) is 13.2 Å². The van der Waals surface area contributed by atoms with Crippen molar-refractivity contribution < 1.29 is 14.6 Å². The predicted octanol–water partition coefficient (Wildman–Crippen LogP) is 1.03. The standard InChI is InChI=1S/C13H20N2O3/c1-6-5-9(10(14)11(15)13(16)17)7(2)8(3)12(6)18-4/h5,10-11H,14-15H2,1-4H3,(H,16,17). The lowest BCUT2D eigenvalue weighted by Crippen LogP contribution is -2.41. The second-order valence-corrected chi connectivity index (χ2v) is 4.46. The highest BCUT2D eigenvalue weighted by atomic mass is 16.5. The average Bonchev–Trinajstić information content (AvgIpc) is 2.32. The molecule has 0 saturated heterocycles. The quantitative estimate of drug-likeness (QED) is 0.743. The Kier molecular flexibility index (Phi) is 4.32. The third-order valence-corrected chi connectivity index (χ3v) is 3.30. The first-order chi connectivity index (χ1) is 8.31. The third-order valence-electron chi connectivity index (χ3n) is 3.30. The van der Waals surface area contributed by atoms with E-state index in [1.807, 2.05) is 26.8 Å². The minimum absolute atomic E-state index is 0.731. The molecule has 0 aliphatic rings. The summed E-state index contributed by atoms with van der Waals surface area (Å²) in [7, 11) is 1.61. The molecule has 18 heavy (non-hydrogen) atoms. The fourth-order valence-electron chi connectivity index (χ4n) is 2.10. The molecule has 0 bridgehead atoms. The van der Waals surface area contributed by atoms with Crippen LogP contribution in [0.15, 0.2) is 6.07 Å². The molecule has 0 fully saturated rings. The summed E-state index contributed by atoms with van der Waals surface area (Å²) < 4.78 is 5.31. The van der Waals surface area contributed by atoms with Crippen molar-refractivity contribution in [1.82, 2.24) is 0 Å². The first-order valence-electron chi connectivity index (χ1n) is 5.69. The van der Waals surface area contributed by atoms with Crippen molar-refractivity contribution in [3.05, 3.63) is 28.3 Å². The van der Waals surface area contributed by atoms with Crippen LogP contribution in [0, 0.1) is 20.8 Å². The van der Waals surface area contributed by atoms with E-state index in [2.05, 4.69) is 0 Å². The summed E-state index contributed by atoms with van der Waals surface area (Å²) in [4.78, 5) is 10.9. The van der Waals surface area contributed by atoms with Gasteiger partial charge in [-0.25, -0.2) is 0 Å². The van der Waals surface area contributed by atoms with Crippen LogP contribution in [0.2, 0.25) is 0 Å². The Balaban J connectivity index is 3.31. The van der Waals surface area contributed by atoms with Crippen LogP contribution in [0.4, 0.5) is 0 Å². The first-order valence-corrected chi connectivity index (χ1v) is 5.69. The van der Waals surface area contributed by atoms with Gasteiger partial charge < -0.3 is 21.3 Å². The maximum absolute atomic E-state index is 10.9. The molecular formula is C13H20N2O3. The van der Waals surface area contributed by atoms with E-state index in [9.17, 15) is 4.79 Å². The number of rotatable bonds is 4. The van der Waals surface area contributed by atoms with E-state index in [1.54, 1.807) is 7.11 Å². The highest BCUT2D eigenvalue weighted by Gasteiger charge is 2.25. The molecule has 5 N–H and O–H groups in total. The summed E-state index contributed by atoms with van der Waals surface area (Å²) >= 11 is 0. The Morgan fingerprint density at radius 1 is 1.28 bits per heavy atom. The predicted molar refractivity (Wildman–Crippen MR) is 69.7 cm³/mol. The van der Waals surface area contributed by atoms with Crippen LogP contribution in [0.3, 0.4) is 0 Å². The lowest BCUT2D eigenvalue weighted by atomic mass is 9.91. The number of carboxylic acid groups (broad SMARTS) is 1. The SMILES string of the molecule is COc1c(C)cc(C(N)C(N)C(=O)O)c(C)c1C. The Bertz CT molecular complexity index is 472. The number of methoxy groups -OCH3 is 1. The summed E-state index contributed by atoms with van der Waals surface area (Å²) in [6.45, 7) is 5.71. The van der Waals surface area contributed by atoms with Gasteiger partial charge in [0.15, 0.2) is 0 Å². The fraction of sp³-hybridized carbons (Fsp3) is 0.462. The Labute approximate surface area is 107 Å². The summed E-state index contributed by atoms with van der Waals surface area (Å²) in [5.74, 6) is -0.305. The number of benzene rings is 1. The number of carbonyl (C=O) groups is 1. The van der Waals surface area contributed by atoms with Crippen LogP contribution in [0.1, 0.15) is 28.3 Å².